The maximum Gasteiger partial charge on any atom is 0.119 e. The molecule has 3 rings (SSSR count). The minimum atomic E-state index is -0.108. The Morgan fingerprint density at radius 3 is 2.59 bits per heavy atom. The molecule has 0 aromatic heterocycles. The standard InChI is InChI=1S/C14H18O3/c15-12-4-1-11(7-12)10-2-5-13(6-3-10)16-8-14-9-17-14/h2-3,5-6,11-12,14-15H,1,4,7-9H2. The van der Waals surface area contributed by atoms with Gasteiger partial charge in [0.15, 0.2) is 0 Å². The maximum atomic E-state index is 9.53. The Labute approximate surface area is 101 Å². The van der Waals surface area contributed by atoms with Gasteiger partial charge in [0, 0.05) is 0 Å². The van der Waals surface area contributed by atoms with E-state index in [1.54, 1.807) is 0 Å². The third kappa shape index (κ3) is 2.79. The SMILES string of the molecule is OC1CCC(c2ccc(OCC3CO3)cc2)C1. The maximum absolute atomic E-state index is 9.53. The summed E-state index contributed by atoms with van der Waals surface area (Å²) in [5.41, 5.74) is 1.32. The number of ether oxygens (including phenoxy) is 2. The van der Waals surface area contributed by atoms with Gasteiger partial charge in [0.05, 0.1) is 12.7 Å². The van der Waals surface area contributed by atoms with E-state index < -0.39 is 0 Å². The van der Waals surface area contributed by atoms with Crippen molar-refractivity contribution in [3.8, 4) is 5.75 Å². The van der Waals surface area contributed by atoms with Crippen LogP contribution < -0.4 is 4.74 Å². The highest BCUT2D eigenvalue weighted by atomic mass is 16.6. The summed E-state index contributed by atoms with van der Waals surface area (Å²) in [6.07, 6.45) is 3.12. The molecule has 0 amide bonds. The second-order valence-electron chi connectivity index (χ2n) is 5.00. The van der Waals surface area contributed by atoms with Crippen LogP contribution in [0.5, 0.6) is 5.75 Å². The van der Waals surface area contributed by atoms with E-state index in [0.29, 0.717) is 18.6 Å². The normalized spacial score (nSPS) is 31.5. The van der Waals surface area contributed by atoms with Crippen LogP contribution in [0, 0.1) is 0 Å². The lowest BCUT2D eigenvalue weighted by Gasteiger charge is -2.11. The molecule has 1 aliphatic carbocycles. The molecule has 92 valence electrons. The zero-order valence-electron chi connectivity index (χ0n) is 9.84. The summed E-state index contributed by atoms with van der Waals surface area (Å²) in [6.45, 7) is 1.49. The average molecular weight is 234 g/mol. The van der Waals surface area contributed by atoms with Crippen LogP contribution in [0.25, 0.3) is 0 Å². The van der Waals surface area contributed by atoms with Gasteiger partial charge < -0.3 is 14.6 Å². The Balaban J connectivity index is 1.58. The van der Waals surface area contributed by atoms with E-state index in [0.717, 1.165) is 31.6 Å². The number of aliphatic hydroxyl groups excluding tert-OH is 1. The predicted molar refractivity (Wildman–Crippen MR) is 64.3 cm³/mol. The average Bonchev–Trinajstić information content (AvgIpc) is 3.09. The fraction of sp³-hybridized carbons (Fsp3) is 0.571. The van der Waals surface area contributed by atoms with Crippen molar-refractivity contribution in [2.24, 2.45) is 0 Å². The molecule has 0 bridgehead atoms. The minimum Gasteiger partial charge on any atom is -0.491 e. The molecule has 2 aliphatic rings. The summed E-state index contributed by atoms with van der Waals surface area (Å²) < 4.78 is 10.7. The molecule has 3 unspecified atom stereocenters. The molecule has 3 heteroatoms. The van der Waals surface area contributed by atoms with Gasteiger partial charge in [-0.25, -0.2) is 0 Å². The zero-order chi connectivity index (χ0) is 11.7. The molecule has 17 heavy (non-hydrogen) atoms. The monoisotopic (exact) mass is 234 g/mol. The first-order valence-electron chi connectivity index (χ1n) is 6.33. The van der Waals surface area contributed by atoms with Crippen molar-refractivity contribution in [3.63, 3.8) is 0 Å². The third-order valence-electron chi connectivity index (χ3n) is 3.59. The topological polar surface area (TPSA) is 42.0 Å². The predicted octanol–water partition coefficient (Wildman–Crippen LogP) is 2.09. The molecule has 0 radical (unpaired) electrons. The van der Waals surface area contributed by atoms with E-state index in [4.69, 9.17) is 9.47 Å². The highest BCUT2D eigenvalue weighted by Crippen LogP contribution is 2.34. The summed E-state index contributed by atoms with van der Waals surface area (Å²) in [7, 11) is 0. The van der Waals surface area contributed by atoms with Gasteiger partial charge in [-0.1, -0.05) is 12.1 Å². The van der Waals surface area contributed by atoms with Gasteiger partial charge in [0.25, 0.3) is 0 Å². The first-order chi connectivity index (χ1) is 8.31. The summed E-state index contributed by atoms with van der Waals surface area (Å²) in [4.78, 5) is 0. The Kier molecular flexibility index (Phi) is 3.04. The summed E-state index contributed by atoms with van der Waals surface area (Å²) in [6, 6.07) is 8.27. The van der Waals surface area contributed by atoms with Crippen LogP contribution in [-0.4, -0.2) is 30.5 Å². The fourth-order valence-electron chi connectivity index (χ4n) is 2.45. The second-order valence-corrected chi connectivity index (χ2v) is 5.00. The number of epoxide rings is 1. The van der Waals surface area contributed by atoms with Gasteiger partial charge in [-0.2, -0.15) is 0 Å². The molecule has 1 aliphatic heterocycles. The van der Waals surface area contributed by atoms with E-state index >= 15 is 0 Å². The molecule has 1 heterocycles. The fourth-order valence-corrected chi connectivity index (χ4v) is 2.45. The Bertz CT molecular complexity index is 370. The van der Waals surface area contributed by atoms with Gasteiger partial charge in [-0.05, 0) is 42.9 Å². The van der Waals surface area contributed by atoms with Crippen molar-refractivity contribution in [2.75, 3.05) is 13.2 Å². The smallest absolute Gasteiger partial charge is 0.119 e. The Hall–Kier alpha value is -1.06. The van der Waals surface area contributed by atoms with E-state index in [1.807, 2.05) is 12.1 Å². The number of rotatable bonds is 4. The molecule has 2 fully saturated rings. The van der Waals surface area contributed by atoms with Crippen LogP contribution in [0.3, 0.4) is 0 Å². The van der Waals surface area contributed by atoms with E-state index in [9.17, 15) is 5.11 Å². The first-order valence-corrected chi connectivity index (χ1v) is 6.33. The zero-order valence-corrected chi connectivity index (χ0v) is 9.84. The van der Waals surface area contributed by atoms with Crippen molar-refractivity contribution in [1.82, 2.24) is 0 Å². The lowest BCUT2D eigenvalue weighted by Crippen LogP contribution is -2.04. The highest BCUT2D eigenvalue weighted by Gasteiger charge is 2.24. The summed E-state index contributed by atoms with van der Waals surface area (Å²) in [5.74, 6) is 1.42. The summed E-state index contributed by atoms with van der Waals surface area (Å²) >= 11 is 0. The van der Waals surface area contributed by atoms with Crippen LogP contribution in [-0.2, 0) is 4.74 Å². The van der Waals surface area contributed by atoms with Gasteiger partial charge in [-0.15, -0.1) is 0 Å². The molecule has 0 spiro atoms. The van der Waals surface area contributed by atoms with Gasteiger partial charge in [0.2, 0.25) is 0 Å². The highest BCUT2D eigenvalue weighted by molar-refractivity contribution is 5.30. The summed E-state index contributed by atoms with van der Waals surface area (Å²) in [5, 5.41) is 9.53. The molecule has 1 aromatic carbocycles. The van der Waals surface area contributed by atoms with Crippen molar-refractivity contribution in [3.05, 3.63) is 29.8 Å². The lowest BCUT2D eigenvalue weighted by molar-refractivity contribution is 0.181. The van der Waals surface area contributed by atoms with Crippen molar-refractivity contribution >= 4 is 0 Å². The number of hydrogen-bond acceptors (Lipinski definition) is 3. The number of benzene rings is 1. The second kappa shape index (κ2) is 4.67. The van der Waals surface area contributed by atoms with E-state index in [-0.39, 0.29) is 6.10 Å². The number of hydrogen-bond donors (Lipinski definition) is 1. The minimum absolute atomic E-state index is 0.108. The first kappa shape index (κ1) is 11.1. The van der Waals surface area contributed by atoms with Gasteiger partial charge in [0.1, 0.15) is 18.5 Å². The van der Waals surface area contributed by atoms with E-state index in [1.165, 1.54) is 5.56 Å². The van der Waals surface area contributed by atoms with Crippen molar-refractivity contribution in [2.45, 2.75) is 37.4 Å². The molecule has 1 N–H and O–H groups in total. The molecular weight excluding hydrogens is 216 g/mol. The van der Waals surface area contributed by atoms with Crippen LogP contribution in [0.2, 0.25) is 0 Å². The van der Waals surface area contributed by atoms with Crippen LogP contribution in [0.4, 0.5) is 0 Å². The van der Waals surface area contributed by atoms with Crippen LogP contribution in [0.15, 0.2) is 24.3 Å². The van der Waals surface area contributed by atoms with Gasteiger partial charge in [-0.3, -0.25) is 0 Å². The molecule has 3 nitrogen and oxygen atoms in total. The largest absolute Gasteiger partial charge is 0.491 e. The van der Waals surface area contributed by atoms with E-state index in [2.05, 4.69) is 12.1 Å². The third-order valence-corrected chi connectivity index (χ3v) is 3.59. The number of aliphatic hydroxyl groups is 1. The van der Waals surface area contributed by atoms with Crippen molar-refractivity contribution < 1.29 is 14.6 Å². The molecule has 3 atom stereocenters. The Morgan fingerprint density at radius 2 is 2.00 bits per heavy atom. The quantitative estimate of drug-likeness (QED) is 0.811. The van der Waals surface area contributed by atoms with Crippen molar-refractivity contribution in [1.29, 1.82) is 0 Å². The van der Waals surface area contributed by atoms with Gasteiger partial charge >= 0.3 is 0 Å². The molecule has 1 saturated heterocycles. The molecular formula is C14H18O3. The molecule has 1 saturated carbocycles. The lowest BCUT2D eigenvalue weighted by atomic mass is 9.98. The van der Waals surface area contributed by atoms with Crippen LogP contribution >= 0.6 is 0 Å². The van der Waals surface area contributed by atoms with Crippen LogP contribution in [0.1, 0.15) is 30.7 Å². The molecule has 1 aromatic rings. The Morgan fingerprint density at radius 1 is 1.24 bits per heavy atom.